The molecule has 1 aromatic carbocycles. The van der Waals surface area contributed by atoms with Crippen LogP contribution in [0, 0.1) is 5.92 Å². The number of rotatable bonds is 4. The SMILES string of the molecule is Clc1ccc(C(NC2CCCCCCC2)C2CC2)cc1. The molecule has 1 unspecified atom stereocenters. The van der Waals surface area contributed by atoms with E-state index in [4.69, 9.17) is 11.6 Å². The van der Waals surface area contributed by atoms with E-state index in [1.165, 1.54) is 63.4 Å². The van der Waals surface area contributed by atoms with E-state index < -0.39 is 0 Å². The van der Waals surface area contributed by atoms with Crippen LogP contribution in [0.2, 0.25) is 5.02 Å². The molecule has 0 saturated heterocycles. The molecule has 0 bridgehead atoms. The van der Waals surface area contributed by atoms with Crippen molar-refractivity contribution in [3.63, 3.8) is 0 Å². The van der Waals surface area contributed by atoms with E-state index in [0.29, 0.717) is 6.04 Å². The zero-order valence-electron chi connectivity index (χ0n) is 12.3. The number of hydrogen-bond acceptors (Lipinski definition) is 1. The molecule has 0 spiro atoms. The molecule has 0 aromatic heterocycles. The summed E-state index contributed by atoms with van der Waals surface area (Å²) in [4.78, 5) is 0. The maximum Gasteiger partial charge on any atom is 0.0406 e. The average Bonchev–Trinajstić information content (AvgIpc) is 3.23. The molecule has 1 nitrogen and oxygen atoms in total. The smallest absolute Gasteiger partial charge is 0.0406 e. The van der Waals surface area contributed by atoms with Crippen molar-refractivity contribution < 1.29 is 0 Å². The lowest BCUT2D eigenvalue weighted by Gasteiger charge is -2.28. The molecule has 2 aliphatic carbocycles. The van der Waals surface area contributed by atoms with Crippen molar-refractivity contribution in [1.29, 1.82) is 0 Å². The summed E-state index contributed by atoms with van der Waals surface area (Å²) < 4.78 is 0. The van der Waals surface area contributed by atoms with Gasteiger partial charge in [0.1, 0.15) is 0 Å². The van der Waals surface area contributed by atoms with Crippen molar-refractivity contribution in [3.05, 3.63) is 34.9 Å². The number of benzene rings is 1. The van der Waals surface area contributed by atoms with E-state index in [0.717, 1.165) is 17.0 Å². The van der Waals surface area contributed by atoms with Gasteiger partial charge in [0.2, 0.25) is 0 Å². The first kappa shape index (κ1) is 14.4. The third kappa shape index (κ3) is 3.99. The average molecular weight is 292 g/mol. The van der Waals surface area contributed by atoms with Gasteiger partial charge in [-0.25, -0.2) is 0 Å². The highest BCUT2D eigenvalue weighted by atomic mass is 35.5. The molecule has 20 heavy (non-hydrogen) atoms. The zero-order valence-corrected chi connectivity index (χ0v) is 13.0. The first-order valence-electron chi connectivity index (χ1n) is 8.34. The standard InChI is InChI=1S/C18H26ClN/c19-16-12-10-15(11-13-16)18(14-8-9-14)20-17-6-4-2-1-3-5-7-17/h10-14,17-18,20H,1-9H2. The molecule has 2 aliphatic rings. The lowest BCUT2D eigenvalue weighted by molar-refractivity contribution is 0.337. The van der Waals surface area contributed by atoms with Gasteiger partial charge in [-0.2, -0.15) is 0 Å². The van der Waals surface area contributed by atoms with Crippen molar-refractivity contribution in [1.82, 2.24) is 5.32 Å². The second-order valence-corrected chi connectivity index (χ2v) is 7.01. The highest BCUT2D eigenvalue weighted by Crippen LogP contribution is 2.42. The van der Waals surface area contributed by atoms with Crippen LogP contribution in [-0.4, -0.2) is 6.04 Å². The fourth-order valence-corrected chi connectivity index (χ4v) is 3.61. The molecule has 1 N–H and O–H groups in total. The Hall–Kier alpha value is -0.530. The van der Waals surface area contributed by atoms with Crippen LogP contribution in [-0.2, 0) is 0 Å². The minimum absolute atomic E-state index is 0.552. The van der Waals surface area contributed by atoms with Gasteiger partial charge in [0.05, 0.1) is 0 Å². The molecule has 1 aromatic rings. The monoisotopic (exact) mass is 291 g/mol. The Morgan fingerprint density at radius 1 is 0.850 bits per heavy atom. The third-order valence-corrected chi connectivity index (χ3v) is 5.09. The summed E-state index contributed by atoms with van der Waals surface area (Å²) in [5.41, 5.74) is 1.43. The highest BCUT2D eigenvalue weighted by Gasteiger charge is 2.33. The molecular formula is C18H26ClN. The van der Waals surface area contributed by atoms with Gasteiger partial charge in [-0.15, -0.1) is 0 Å². The van der Waals surface area contributed by atoms with Crippen molar-refractivity contribution in [2.24, 2.45) is 5.92 Å². The topological polar surface area (TPSA) is 12.0 Å². The van der Waals surface area contributed by atoms with Crippen molar-refractivity contribution in [3.8, 4) is 0 Å². The summed E-state index contributed by atoms with van der Waals surface area (Å²) in [6.07, 6.45) is 12.6. The molecule has 2 heteroatoms. The van der Waals surface area contributed by atoms with E-state index in [9.17, 15) is 0 Å². The molecule has 110 valence electrons. The highest BCUT2D eigenvalue weighted by molar-refractivity contribution is 6.30. The number of halogens is 1. The Balaban J connectivity index is 1.65. The Morgan fingerprint density at radius 3 is 2.05 bits per heavy atom. The van der Waals surface area contributed by atoms with Gasteiger partial charge in [0.25, 0.3) is 0 Å². The summed E-state index contributed by atoms with van der Waals surface area (Å²) in [5, 5.41) is 4.82. The van der Waals surface area contributed by atoms with E-state index in [1.807, 2.05) is 12.1 Å². The maximum atomic E-state index is 6.02. The van der Waals surface area contributed by atoms with Crippen LogP contribution >= 0.6 is 11.6 Å². The summed E-state index contributed by atoms with van der Waals surface area (Å²) in [5.74, 6) is 0.849. The van der Waals surface area contributed by atoms with Crippen LogP contribution in [0.15, 0.2) is 24.3 Å². The minimum Gasteiger partial charge on any atom is -0.307 e. The Kier molecular flexibility index (Phi) is 5.01. The van der Waals surface area contributed by atoms with Gasteiger partial charge >= 0.3 is 0 Å². The fourth-order valence-electron chi connectivity index (χ4n) is 3.48. The molecule has 0 radical (unpaired) electrons. The summed E-state index contributed by atoms with van der Waals surface area (Å²) in [7, 11) is 0. The van der Waals surface area contributed by atoms with Gasteiger partial charge < -0.3 is 5.32 Å². The van der Waals surface area contributed by atoms with E-state index in [1.54, 1.807) is 0 Å². The first-order valence-corrected chi connectivity index (χ1v) is 8.72. The van der Waals surface area contributed by atoms with E-state index in [2.05, 4.69) is 17.4 Å². The Labute approximate surface area is 128 Å². The second-order valence-electron chi connectivity index (χ2n) is 6.58. The van der Waals surface area contributed by atoms with Crippen LogP contribution in [0.5, 0.6) is 0 Å². The molecule has 2 fully saturated rings. The molecule has 3 rings (SSSR count). The van der Waals surface area contributed by atoms with Gasteiger partial charge in [0.15, 0.2) is 0 Å². The number of nitrogens with one attached hydrogen (secondary N) is 1. The van der Waals surface area contributed by atoms with Crippen LogP contribution in [0.3, 0.4) is 0 Å². The van der Waals surface area contributed by atoms with Gasteiger partial charge in [-0.05, 0) is 49.3 Å². The van der Waals surface area contributed by atoms with Gasteiger partial charge in [-0.3, -0.25) is 0 Å². The van der Waals surface area contributed by atoms with Gasteiger partial charge in [-0.1, -0.05) is 55.8 Å². The molecule has 0 amide bonds. The van der Waals surface area contributed by atoms with Crippen LogP contribution in [0.4, 0.5) is 0 Å². The van der Waals surface area contributed by atoms with Gasteiger partial charge in [0, 0.05) is 17.1 Å². The lowest BCUT2D eigenvalue weighted by atomic mass is 9.94. The predicted octanol–water partition coefficient (Wildman–Crippen LogP) is 5.49. The lowest BCUT2D eigenvalue weighted by Crippen LogP contribution is -2.34. The van der Waals surface area contributed by atoms with E-state index in [-0.39, 0.29) is 0 Å². The van der Waals surface area contributed by atoms with Crippen LogP contribution in [0.1, 0.15) is 69.4 Å². The Morgan fingerprint density at radius 2 is 1.45 bits per heavy atom. The van der Waals surface area contributed by atoms with Crippen molar-refractivity contribution >= 4 is 11.6 Å². The van der Waals surface area contributed by atoms with Crippen LogP contribution < -0.4 is 5.32 Å². The predicted molar refractivity (Wildman–Crippen MR) is 86.2 cm³/mol. The molecule has 0 heterocycles. The van der Waals surface area contributed by atoms with Crippen molar-refractivity contribution in [2.45, 2.75) is 69.9 Å². The summed E-state index contributed by atoms with van der Waals surface area (Å²) in [6, 6.07) is 9.76. The molecular weight excluding hydrogens is 266 g/mol. The summed E-state index contributed by atoms with van der Waals surface area (Å²) in [6.45, 7) is 0. The normalized spacial score (nSPS) is 23.1. The third-order valence-electron chi connectivity index (χ3n) is 4.84. The number of hydrogen-bond donors (Lipinski definition) is 1. The molecule has 1 atom stereocenters. The largest absolute Gasteiger partial charge is 0.307 e. The first-order chi connectivity index (χ1) is 9.83. The quantitative estimate of drug-likeness (QED) is 0.773. The fraction of sp³-hybridized carbons (Fsp3) is 0.667. The summed E-state index contributed by atoms with van der Waals surface area (Å²) >= 11 is 6.02. The zero-order chi connectivity index (χ0) is 13.8. The van der Waals surface area contributed by atoms with Crippen LogP contribution in [0.25, 0.3) is 0 Å². The van der Waals surface area contributed by atoms with E-state index >= 15 is 0 Å². The maximum absolute atomic E-state index is 6.02. The molecule has 2 saturated carbocycles. The second kappa shape index (κ2) is 6.95. The Bertz CT molecular complexity index is 402. The van der Waals surface area contributed by atoms with Crippen molar-refractivity contribution in [2.75, 3.05) is 0 Å². The molecule has 0 aliphatic heterocycles. The minimum atomic E-state index is 0.552.